The van der Waals surface area contributed by atoms with Crippen LogP contribution in [0.4, 0.5) is 0 Å². The molecule has 4 heteroatoms. The largest absolute Gasteiger partial charge is 0.348 e. The molecule has 0 aromatic carbocycles. The smallest absolute Gasteiger partial charge is 0.270 e. The van der Waals surface area contributed by atoms with Crippen molar-refractivity contribution in [3.63, 3.8) is 0 Å². The van der Waals surface area contributed by atoms with Gasteiger partial charge in [-0.2, -0.15) is 0 Å². The number of carbonyl (C=O) groups is 1. The Morgan fingerprint density at radius 1 is 1.47 bits per heavy atom. The van der Waals surface area contributed by atoms with Crippen molar-refractivity contribution in [1.29, 1.82) is 0 Å². The fourth-order valence-electron chi connectivity index (χ4n) is 2.39. The monoisotopic (exact) mass is 252 g/mol. The van der Waals surface area contributed by atoms with Gasteiger partial charge in [0.05, 0.1) is 0 Å². The highest BCUT2D eigenvalue weighted by atomic mass is 35.5. The zero-order chi connectivity index (χ0) is 12.3. The third-order valence-corrected chi connectivity index (χ3v) is 3.62. The second-order valence-corrected chi connectivity index (χ2v) is 5.04. The molecule has 1 saturated carbocycles. The SMILES string of the molecule is CC(NC(=O)c1cccc(Cl)n1)C1CCCC1. The number of halogens is 1. The minimum Gasteiger partial charge on any atom is -0.348 e. The van der Waals surface area contributed by atoms with E-state index < -0.39 is 0 Å². The van der Waals surface area contributed by atoms with E-state index in [9.17, 15) is 4.79 Å². The topological polar surface area (TPSA) is 42.0 Å². The number of nitrogens with zero attached hydrogens (tertiary/aromatic N) is 1. The average Bonchev–Trinajstić information content (AvgIpc) is 2.82. The molecule has 1 aromatic heterocycles. The van der Waals surface area contributed by atoms with Gasteiger partial charge in [-0.15, -0.1) is 0 Å². The van der Waals surface area contributed by atoms with E-state index in [-0.39, 0.29) is 11.9 Å². The molecule has 1 aliphatic rings. The Morgan fingerprint density at radius 2 is 2.18 bits per heavy atom. The summed E-state index contributed by atoms with van der Waals surface area (Å²) < 4.78 is 0. The van der Waals surface area contributed by atoms with Gasteiger partial charge >= 0.3 is 0 Å². The quantitative estimate of drug-likeness (QED) is 0.841. The van der Waals surface area contributed by atoms with Gasteiger partial charge in [0.1, 0.15) is 10.8 Å². The summed E-state index contributed by atoms with van der Waals surface area (Å²) in [7, 11) is 0. The Morgan fingerprint density at radius 3 is 2.82 bits per heavy atom. The van der Waals surface area contributed by atoms with Gasteiger partial charge in [0.15, 0.2) is 0 Å². The highest BCUT2D eigenvalue weighted by molar-refractivity contribution is 6.29. The van der Waals surface area contributed by atoms with Crippen LogP contribution in [-0.2, 0) is 0 Å². The first-order valence-corrected chi connectivity index (χ1v) is 6.48. The van der Waals surface area contributed by atoms with Crippen molar-refractivity contribution in [1.82, 2.24) is 10.3 Å². The van der Waals surface area contributed by atoms with E-state index in [1.54, 1.807) is 18.2 Å². The van der Waals surface area contributed by atoms with Crippen molar-refractivity contribution in [3.05, 3.63) is 29.0 Å². The highest BCUT2D eigenvalue weighted by Gasteiger charge is 2.23. The number of nitrogens with one attached hydrogen (secondary N) is 1. The van der Waals surface area contributed by atoms with Crippen LogP contribution in [0.5, 0.6) is 0 Å². The predicted molar refractivity (Wildman–Crippen MR) is 68.1 cm³/mol. The molecule has 92 valence electrons. The van der Waals surface area contributed by atoms with Crippen LogP contribution >= 0.6 is 11.6 Å². The number of hydrogen-bond acceptors (Lipinski definition) is 2. The first-order chi connectivity index (χ1) is 8.16. The van der Waals surface area contributed by atoms with Crippen LogP contribution in [0.1, 0.15) is 43.1 Å². The molecule has 17 heavy (non-hydrogen) atoms. The van der Waals surface area contributed by atoms with Gasteiger partial charge in [-0.05, 0) is 37.8 Å². The number of aromatic nitrogens is 1. The molecule has 2 rings (SSSR count). The lowest BCUT2D eigenvalue weighted by Gasteiger charge is -2.20. The molecule has 1 atom stereocenters. The molecule has 1 N–H and O–H groups in total. The zero-order valence-corrected chi connectivity index (χ0v) is 10.7. The second-order valence-electron chi connectivity index (χ2n) is 4.65. The summed E-state index contributed by atoms with van der Waals surface area (Å²) in [5.74, 6) is 0.477. The summed E-state index contributed by atoms with van der Waals surface area (Å²) in [6, 6.07) is 5.30. The Balaban J connectivity index is 1.96. The van der Waals surface area contributed by atoms with E-state index in [1.165, 1.54) is 25.7 Å². The molecular weight excluding hydrogens is 236 g/mol. The summed E-state index contributed by atoms with van der Waals surface area (Å²) in [4.78, 5) is 15.9. The van der Waals surface area contributed by atoms with Crippen molar-refractivity contribution in [2.75, 3.05) is 0 Å². The minimum atomic E-state index is -0.133. The molecule has 1 aliphatic carbocycles. The second kappa shape index (κ2) is 5.50. The summed E-state index contributed by atoms with van der Waals surface area (Å²) in [6.07, 6.45) is 4.98. The van der Waals surface area contributed by atoms with Crippen molar-refractivity contribution < 1.29 is 4.79 Å². The van der Waals surface area contributed by atoms with Crippen LogP contribution < -0.4 is 5.32 Å². The predicted octanol–water partition coefficient (Wildman–Crippen LogP) is 3.04. The Bertz CT molecular complexity index is 402. The van der Waals surface area contributed by atoms with E-state index in [1.807, 2.05) is 0 Å². The van der Waals surface area contributed by atoms with E-state index in [0.29, 0.717) is 16.8 Å². The van der Waals surface area contributed by atoms with E-state index in [2.05, 4.69) is 17.2 Å². The lowest BCUT2D eigenvalue weighted by atomic mass is 10.00. The molecular formula is C13H17ClN2O. The van der Waals surface area contributed by atoms with Gasteiger partial charge in [-0.25, -0.2) is 4.98 Å². The molecule has 1 amide bonds. The maximum Gasteiger partial charge on any atom is 0.270 e. The summed E-state index contributed by atoms with van der Waals surface area (Å²) in [5, 5.41) is 3.36. The van der Waals surface area contributed by atoms with Gasteiger partial charge < -0.3 is 5.32 Å². The molecule has 0 spiro atoms. The fourth-order valence-corrected chi connectivity index (χ4v) is 2.55. The fraction of sp³-hybridized carbons (Fsp3) is 0.538. The van der Waals surface area contributed by atoms with Crippen LogP contribution in [-0.4, -0.2) is 16.9 Å². The molecule has 1 unspecified atom stereocenters. The lowest BCUT2D eigenvalue weighted by molar-refractivity contribution is 0.0922. The number of hydrogen-bond donors (Lipinski definition) is 1. The Labute approximate surface area is 107 Å². The molecule has 3 nitrogen and oxygen atoms in total. The van der Waals surface area contributed by atoms with Gasteiger partial charge in [0.2, 0.25) is 0 Å². The maximum atomic E-state index is 11.9. The van der Waals surface area contributed by atoms with Crippen molar-refractivity contribution >= 4 is 17.5 Å². The third-order valence-electron chi connectivity index (χ3n) is 3.41. The molecule has 0 bridgehead atoms. The van der Waals surface area contributed by atoms with Crippen molar-refractivity contribution in [3.8, 4) is 0 Å². The van der Waals surface area contributed by atoms with Crippen molar-refractivity contribution in [2.45, 2.75) is 38.6 Å². The maximum absolute atomic E-state index is 11.9. The van der Waals surface area contributed by atoms with Crippen LogP contribution in [0.25, 0.3) is 0 Å². The van der Waals surface area contributed by atoms with Crippen LogP contribution in [0.3, 0.4) is 0 Å². The summed E-state index contributed by atoms with van der Waals surface area (Å²) >= 11 is 5.76. The first kappa shape index (κ1) is 12.4. The number of amides is 1. The van der Waals surface area contributed by atoms with Gasteiger partial charge in [0.25, 0.3) is 5.91 Å². The summed E-state index contributed by atoms with van der Waals surface area (Å²) in [5.41, 5.74) is 0.391. The first-order valence-electron chi connectivity index (χ1n) is 6.10. The van der Waals surface area contributed by atoms with E-state index in [0.717, 1.165) is 0 Å². The molecule has 0 radical (unpaired) electrons. The number of carbonyl (C=O) groups excluding carboxylic acids is 1. The Kier molecular flexibility index (Phi) is 4.00. The van der Waals surface area contributed by atoms with Gasteiger partial charge in [-0.1, -0.05) is 30.5 Å². The van der Waals surface area contributed by atoms with Crippen LogP contribution in [0.15, 0.2) is 18.2 Å². The van der Waals surface area contributed by atoms with Crippen LogP contribution in [0, 0.1) is 5.92 Å². The molecule has 0 saturated heterocycles. The number of rotatable bonds is 3. The van der Waals surface area contributed by atoms with Gasteiger partial charge in [0, 0.05) is 6.04 Å². The normalized spacial score (nSPS) is 18.0. The standard InChI is InChI=1S/C13H17ClN2O/c1-9(10-5-2-3-6-10)15-13(17)11-7-4-8-12(14)16-11/h4,7-10H,2-3,5-6H2,1H3,(H,15,17). The van der Waals surface area contributed by atoms with E-state index in [4.69, 9.17) is 11.6 Å². The Hall–Kier alpha value is -1.09. The van der Waals surface area contributed by atoms with Crippen molar-refractivity contribution in [2.24, 2.45) is 5.92 Å². The third kappa shape index (κ3) is 3.19. The molecule has 1 fully saturated rings. The average molecular weight is 253 g/mol. The van der Waals surface area contributed by atoms with Gasteiger partial charge in [-0.3, -0.25) is 4.79 Å². The zero-order valence-electron chi connectivity index (χ0n) is 9.95. The summed E-state index contributed by atoms with van der Waals surface area (Å²) in [6.45, 7) is 2.07. The molecule has 1 heterocycles. The van der Waals surface area contributed by atoms with E-state index >= 15 is 0 Å². The molecule has 0 aliphatic heterocycles. The lowest BCUT2D eigenvalue weighted by Crippen LogP contribution is -2.37. The number of pyridine rings is 1. The minimum absolute atomic E-state index is 0.133. The van der Waals surface area contributed by atoms with Crippen LogP contribution in [0.2, 0.25) is 5.15 Å². The highest BCUT2D eigenvalue weighted by Crippen LogP contribution is 2.27. The molecule has 1 aromatic rings.